The van der Waals surface area contributed by atoms with Gasteiger partial charge in [0.25, 0.3) is 0 Å². The standard InChI is InChI=1S/C47H41N/c1-45(2)39-26-25-36(30-38(39)37-28-33-17-9-10-18-34(33)29-42(37)45)48(35-20-13-19-32(27-35)31-15-7-6-8-16-31)44-24-14-23-43-46(3,4)40-21-11-12-22-41(40)47(43,44)5/h6-30,44H,1-5H3. The summed E-state index contributed by atoms with van der Waals surface area (Å²) in [4.78, 5) is 2.63. The van der Waals surface area contributed by atoms with Crippen molar-refractivity contribution in [3.63, 3.8) is 0 Å². The van der Waals surface area contributed by atoms with Gasteiger partial charge in [0.15, 0.2) is 0 Å². The number of nitrogens with zero attached hydrogens (tertiary/aromatic N) is 1. The molecular formula is C47H41N. The van der Waals surface area contributed by atoms with E-state index in [0.717, 1.165) is 0 Å². The molecule has 0 radical (unpaired) electrons. The molecule has 6 aromatic carbocycles. The molecule has 9 rings (SSSR count). The number of allylic oxidation sites excluding steroid dienone is 2. The van der Waals surface area contributed by atoms with E-state index < -0.39 is 0 Å². The van der Waals surface area contributed by atoms with Gasteiger partial charge in [-0.25, -0.2) is 0 Å². The predicted molar refractivity (Wildman–Crippen MR) is 203 cm³/mol. The van der Waals surface area contributed by atoms with Crippen LogP contribution in [0.2, 0.25) is 0 Å². The Balaban J connectivity index is 1.28. The molecule has 234 valence electrons. The monoisotopic (exact) mass is 619 g/mol. The van der Waals surface area contributed by atoms with E-state index in [9.17, 15) is 0 Å². The first-order chi connectivity index (χ1) is 23.2. The molecule has 1 heteroatoms. The van der Waals surface area contributed by atoms with Crippen LogP contribution in [-0.2, 0) is 16.2 Å². The van der Waals surface area contributed by atoms with E-state index in [1.54, 1.807) is 0 Å². The van der Waals surface area contributed by atoms with Gasteiger partial charge in [-0.3, -0.25) is 0 Å². The number of rotatable bonds is 4. The third-order valence-corrected chi connectivity index (χ3v) is 11.9. The van der Waals surface area contributed by atoms with Crippen LogP contribution in [0.4, 0.5) is 11.4 Å². The third kappa shape index (κ3) is 3.97. The minimum atomic E-state index is -0.218. The van der Waals surface area contributed by atoms with Gasteiger partial charge in [-0.2, -0.15) is 0 Å². The van der Waals surface area contributed by atoms with Crippen molar-refractivity contribution in [2.24, 2.45) is 0 Å². The van der Waals surface area contributed by atoms with Crippen molar-refractivity contribution in [3.05, 3.63) is 180 Å². The highest BCUT2D eigenvalue weighted by Crippen LogP contribution is 2.59. The molecule has 0 amide bonds. The van der Waals surface area contributed by atoms with Crippen LogP contribution in [0.25, 0.3) is 33.0 Å². The lowest BCUT2D eigenvalue weighted by atomic mass is 9.67. The van der Waals surface area contributed by atoms with E-state index in [0.29, 0.717) is 0 Å². The van der Waals surface area contributed by atoms with Crippen LogP contribution in [0.5, 0.6) is 0 Å². The number of fused-ring (bicyclic) bond motifs is 7. The zero-order valence-corrected chi connectivity index (χ0v) is 28.5. The van der Waals surface area contributed by atoms with Gasteiger partial charge >= 0.3 is 0 Å². The average molecular weight is 620 g/mol. The molecule has 3 aliphatic rings. The van der Waals surface area contributed by atoms with Gasteiger partial charge in [-0.05, 0) is 104 Å². The fourth-order valence-corrected chi connectivity index (χ4v) is 9.43. The van der Waals surface area contributed by atoms with Crippen molar-refractivity contribution in [1.29, 1.82) is 0 Å². The van der Waals surface area contributed by atoms with Gasteiger partial charge < -0.3 is 4.90 Å². The summed E-state index contributed by atoms with van der Waals surface area (Å²) in [5.74, 6) is 0. The van der Waals surface area contributed by atoms with Gasteiger partial charge in [0.2, 0.25) is 0 Å². The largest absolute Gasteiger partial charge is 0.333 e. The fourth-order valence-electron chi connectivity index (χ4n) is 9.43. The Bertz CT molecular complexity index is 2320. The lowest BCUT2D eigenvalue weighted by Crippen LogP contribution is -2.48. The van der Waals surface area contributed by atoms with Crippen molar-refractivity contribution < 1.29 is 0 Å². The van der Waals surface area contributed by atoms with E-state index in [1.165, 1.54) is 72.2 Å². The normalized spacial score (nSPS) is 20.9. The quantitative estimate of drug-likeness (QED) is 0.190. The van der Waals surface area contributed by atoms with Crippen molar-refractivity contribution in [2.75, 3.05) is 4.90 Å². The molecule has 0 saturated heterocycles. The topological polar surface area (TPSA) is 3.24 Å². The number of hydrogen-bond donors (Lipinski definition) is 0. The van der Waals surface area contributed by atoms with Crippen molar-refractivity contribution in [2.45, 2.75) is 56.9 Å². The molecule has 0 spiro atoms. The minimum Gasteiger partial charge on any atom is -0.333 e. The number of hydrogen-bond acceptors (Lipinski definition) is 1. The van der Waals surface area contributed by atoms with Crippen LogP contribution in [0.1, 0.15) is 56.9 Å². The summed E-state index contributed by atoms with van der Waals surface area (Å²) in [6, 6.07) is 50.0. The maximum absolute atomic E-state index is 2.63. The third-order valence-electron chi connectivity index (χ3n) is 11.9. The van der Waals surface area contributed by atoms with Crippen molar-refractivity contribution in [1.82, 2.24) is 0 Å². The molecular weight excluding hydrogens is 579 g/mol. The summed E-state index contributed by atoms with van der Waals surface area (Å²) < 4.78 is 0. The zero-order valence-electron chi connectivity index (χ0n) is 28.5. The highest BCUT2D eigenvalue weighted by atomic mass is 15.2. The molecule has 0 fully saturated rings. The molecule has 2 atom stereocenters. The molecule has 0 heterocycles. The first-order valence-corrected chi connectivity index (χ1v) is 17.3. The Hall–Kier alpha value is -5.14. The molecule has 3 aliphatic carbocycles. The second-order valence-electron chi connectivity index (χ2n) is 15.2. The highest BCUT2D eigenvalue weighted by molar-refractivity contribution is 5.94. The van der Waals surface area contributed by atoms with Crippen LogP contribution < -0.4 is 4.90 Å². The molecule has 48 heavy (non-hydrogen) atoms. The second kappa shape index (κ2) is 10.2. The highest BCUT2D eigenvalue weighted by Gasteiger charge is 2.55. The van der Waals surface area contributed by atoms with Crippen LogP contribution >= 0.6 is 0 Å². The molecule has 0 bridgehead atoms. The van der Waals surface area contributed by atoms with E-state index in [1.807, 2.05) is 0 Å². The lowest BCUT2D eigenvalue weighted by molar-refractivity contribution is 0.457. The Morgan fingerprint density at radius 3 is 1.92 bits per heavy atom. The van der Waals surface area contributed by atoms with E-state index in [4.69, 9.17) is 0 Å². The van der Waals surface area contributed by atoms with Crippen LogP contribution in [0.15, 0.2) is 157 Å². The summed E-state index contributed by atoms with van der Waals surface area (Å²) in [6.07, 6.45) is 7.14. The molecule has 0 aromatic heterocycles. The molecule has 2 unspecified atom stereocenters. The SMILES string of the molecule is CC1(C)C2=CC=CC(N(c3cccc(-c4ccccc4)c3)c3ccc4c(c3)-c3cc5ccccc5cc3C4(C)C)C2(C)c2ccccc21. The fraction of sp³-hybridized carbons (Fsp3) is 0.191. The van der Waals surface area contributed by atoms with E-state index in [2.05, 4.69) is 191 Å². The van der Waals surface area contributed by atoms with Gasteiger partial charge in [-0.15, -0.1) is 0 Å². The van der Waals surface area contributed by atoms with E-state index >= 15 is 0 Å². The molecule has 0 saturated carbocycles. The lowest BCUT2D eigenvalue weighted by Gasteiger charge is -2.46. The molecule has 6 aromatic rings. The second-order valence-corrected chi connectivity index (χ2v) is 15.2. The van der Waals surface area contributed by atoms with E-state index in [-0.39, 0.29) is 22.3 Å². The first kappa shape index (κ1) is 29.0. The van der Waals surface area contributed by atoms with Crippen LogP contribution in [-0.4, -0.2) is 6.04 Å². The first-order valence-electron chi connectivity index (χ1n) is 17.3. The van der Waals surface area contributed by atoms with Gasteiger partial charge in [0, 0.05) is 27.6 Å². The smallest absolute Gasteiger partial charge is 0.0657 e. The summed E-state index contributed by atoms with van der Waals surface area (Å²) in [5, 5.41) is 2.60. The summed E-state index contributed by atoms with van der Waals surface area (Å²) in [5.41, 5.74) is 14.4. The van der Waals surface area contributed by atoms with Crippen LogP contribution in [0, 0.1) is 0 Å². The van der Waals surface area contributed by atoms with Gasteiger partial charge in [0.05, 0.1) is 6.04 Å². The maximum atomic E-state index is 2.63. The Kier molecular flexibility index (Phi) is 6.16. The Morgan fingerprint density at radius 1 is 0.479 bits per heavy atom. The average Bonchev–Trinajstić information content (AvgIpc) is 3.44. The molecule has 0 aliphatic heterocycles. The maximum Gasteiger partial charge on any atom is 0.0657 e. The summed E-state index contributed by atoms with van der Waals surface area (Å²) in [7, 11) is 0. The Morgan fingerprint density at radius 2 is 1.12 bits per heavy atom. The van der Waals surface area contributed by atoms with Gasteiger partial charge in [-0.1, -0.05) is 143 Å². The predicted octanol–water partition coefficient (Wildman–Crippen LogP) is 12.1. The van der Waals surface area contributed by atoms with Crippen molar-refractivity contribution in [3.8, 4) is 22.3 Å². The summed E-state index contributed by atoms with van der Waals surface area (Å²) in [6.45, 7) is 12.0. The van der Waals surface area contributed by atoms with Crippen molar-refractivity contribution >= 4 is 22.1 Å². The molecule has 0 N–H and O–H groups in total. The van der Waals surface area contributed by atoms with Crippen LogP contribution in [0.3, 0.4) is 0 Å². The number of anilines is 2. The minimum absolute atomic E-state index is 0.0616. The Labute approximate surface area is 284 Å². The number of benzene rings is 6. The zero-order chi connectivity index (χ0) is 32.8. The van der Waals surface area contributed by atoms with Gasteiger partial charge in [0.1, 0.15) is 0 Å². The summed E-state index contributed by atoms with van der Waals surface area (Å²) >= 11 is 0. The molecule has 1 nitrogen and oxygen atoms in total.